The van der Waals surface area contributed by atoms with Gasteiger partial charge in [0.1, 0.15) is 0 Å². The molecule has 0 amide bonds. The van der Waals surface area contributed by atoms with Gasteiger partial charge < -0.3 is 5.43 Å². The molecule has 0 fully saturated rings. The molecule has 1 atom stereocenters. The van der Waals surface area contributed by atoms with Gasteiger partial charge in [0.2, 0.25) is 0 Å². The number of alkyl halides is 3. The van der Waals surface area contributed by atoms with Crippen molar-refractivity contribution in [1.82, 2.24) is 9.89 Å². The molecule has 7 heteroatoms. The molecule has 1 aliphatic carbocycles. The van der Waals surface area contributed by atoms with Crippen LogP contribution < -0.4 is 5.43 Å². The van der Waals surface area contributed by atoms with Gasteiger partial charge >= 0.3 is 6.18 Å². The number of nitrogens with zero attached hydrogens (tertiary/aromatic N) is 2. The minimum Gasteiger partial charge on any atom is -0.302 e. The normalized spacial score (nSPS) is 17.9. The number of hydrogen-bond acceptors (Lipinski definition) is 3. The van der Waals surface area contributed by atoms with E-state index in [-0.39, 0.29) is 23.8 Å². The number of aromatic nitrogens is 2. The van der Waals surface area contributed by atoms with Crippen molar-refractivity contribution in [2.75, 3.05) is 5.43 Å². The minimum atomic E-state index is -4.49. The van der Waals surface area contributed by atoms with Gasteiger partial charge in [-0.05, 0) is 12.5 Å². The number of halogens is 3. The van der Waals surface area contributed by atoms with Gasteiger partial charge in [0.05, 0.1) is 12.2 Å². The lowest BCUT2D eigenvalue weighted by Crippen LogP contribution is -2.21. The van der Waals surface area contributed by atoms with Crippen molar-refractivity contribution in [2.45, 2.75) is 25.6 Å². The maximum absolute atomic E-state index is 12.7. The molecule has 0 radical (unpaired) electrons. The minimum absolute atomic E-state index is 0.0250. The van der Waals surface area contributed by atoms with Gasteiger partial charge in [0.25, 0.3) is 0 Å². The first-order valence-electron chi connectivity index (χ1n) is 6.38. The van der Waals surface area contributed by atoms with E-state index >= 15 is 0 Å². The largest absolute Gasteiger partial charge is 0.435 e. The Kier molecular flexibility index (Phi) is 3.00. The number of Topliss-reactive ketones (excluding diaryl/α,β-unsaturated/α-hetero) is 1. The van der Waals surface area contributed by atoms with Crippen molar-refractivity contribution >= 4 is 5.78 Å². The molecule has 1 aromatic carbocycles. The molecular formula is C14H12F3N3O. The number of aryl methyl sites for hydroxylation is 1. The summed E-state index contributed by atoms with van der Waals surface area (Å²) in [6.45, 7) is 1.35. The lowest BCUT2D eigenvalue weighted by Gasteiger charge is -2.14. The summed E-state index contributed by atoms with van der Waals surface area (Å²) in [4.78, 5) is 12.9. The third-order valence-corrected chi connectivity index (χ3v) is 3.48. The zero-order valence-corrected chi connectivity index (χ0v) is 11.1. The van der Waals surface area contributed by atoms with Crippen LogP contribution in [0.15, 0.2) is 30.5 Å². The van der Waals surface area contributed by atoms with Crippen LogP contribution in [0.1, 0.15) is 39.6 Å². The van der Waals surface area contributed by atoms with E-state index in [0.29, 0.717) is 5.56 Å². The number of carbonyl (C=O) groups excluding carboxylic acids is 1. The molecule has 0 spiro atoms. The Labute approximate surface area is 118 Å². The molecule has 1 aromatic heterocycles. The Morgan fingerprint density at radius 3 is 2.71 bits per heavy atom. The third kappa shape index (κ3) is 2.39. The highest BCUT2D eigenvalue weighted by atomic mass is 19.4. The summed E-state index contributed by atoms with van der Waals surface area (Å²) in [5.41, 5.74) is 3.34. The molecule has 110 valence electrons. The molecular weight excluding hydrogens is 283 g/mol. The first kappa shape index (κ1) is 13.7. The van der Waals surface area contributed by atoms with E-state index in [2.05, 4.69) is 10.5 Å². The number of fused-ring (bicyclic) bond motifs is 1. The average molecular weight is 295 g/mol. The quantitative estimate of drug-likeness (QED) is 0.926. The van der Waals surface area contributed by atoms with Gasteiger partial charge in [-0.25, -0.2) is 0 Å². The van der Waals surface area contributed by atoms with Crippen LogP contribution in [0, 0.1) is 6.92 Å². The topological polar surface area (TPSA) is 46.9 Å². The second-order valence-electron chi connectivity index (χ2n) is 5.00. The van der Waals surface area contributed by atoms with Crippen LogP contribution >= 0.6 is 0 Å². The van der Waals surface area contributed by atoms with E-state index in [1.54, 1.807) is 24.3 Å². The highest BCUT2D eigenvalue weighted by Gasteiger charge is 2.36. The van der Waals surface area contributed by atoms with Crippen LogP contribution in [0.3, 0.4) is 0 Å². The molecule has 0 saturated heterocycles. The molecule has 1 N–H and O–H groups in total. The maximum Gasteiger partial charge on any atom is 0.435 e. The Morgan fingerprint density at radius 1 is 1.33 bits per heavy atom. The van der Waals surface area contributed by atoms with Crippen LogP contribution in [-0.2, 0) is 6.18 Å². The molecule has 0 bridgehead atoms. The summed E-state index contributed by atoms with van der Waals surface area (Å²) in [5.74, 6) is -0.0250. The molecule has 1 heterocycles. The van der Waals surface area contributed by atoms with Crippen LogP contribution in [0.5, 0.6) is 0 Å². The third-order valence-electron chi connectivity index (χ3n) is 3.48. The van der Waals surface area contributed by atoms with E-state index in [4.69, 9.17) is 0 Å². The fourth-order valence-corrected chi connectivity index (χ4v) is 2.54. The first-order valence-corrected chi connectivity index (χ1v) is 6.38. The Morgan fingerprint density at radius 2 is 2.05 bits per heavy atom. The summed E-state index contributed by atoms with van der Waals surface area (Å²) in [5, 5.41) is 3.51. The Hall–Kier alpha value is -2.31. The zero-order chi connectivity index (χ0) is 15.2. The van der Waals surface area contributed by atoms with Crippen LogP contribution in [-0.4, -0.2) is 15.7 Å². The fourth-order valence-electron chi connectivity index (χ4n) is 2.54. The monoisotopic (exact) mass is 295 g/mol. The molecule has 2 aromatic rings. The summed E-state index contributed by atoms with van der Waals surface area (Å²) >= 11 is 0. The summed E-state index contributed by atoms with van der Waals surface area (Å²) in [7, 11) is 0. The standard InChI is InChI=1S/C14H12F3N3O/c1-8-7-20(19-13(8)14(15,16)17)18-11-6-12(21)10-5-3-2-4-9(10)11/h2-5,7,11,18H,6H2,1H3. The molecule has 1 aliphatic rings. The van der Waals surface area contributed by atoms with Crippen LogP contribution in [0.25, 0.3) is 0 Å². The number of ketones is 1. The lowest BCUT2D eigenvalue weighted by atomic mass is 10.1. The van der Waals surface area contributed by atoms with Crippen molar-refractivity contribution in [3.05, 3.63) is 52.8 Å². The average Bonchev–Trinajstić information content (AvgIpc) is 2.92. The highest BCUT2D eigenvalue weighted by molar-refractivity contribution is 6.01. The van der Waals surface area contributed by atoms with Crippen molar-refractivity contribution < 1.29 is 18.0 Å². The zero-order valence-electron chi connectivity index (χ0n) is 11.1. The van der Waals surface area contributed by atoms with E-state index in [1.807, 2.05) is 0 Å². The predicted octanol–water partition coefficient (Wildman–Crippen LogP) is 3.08. The molecule has 3 rings (SSSR count). The first-order chi connectivity index (χ1) is 9.86. The van der Waals surface area contributed by atoms with Gasteiger partial charge in [0, 0.05) is 17.5 Å². The van der Waals surface area contributed by atoms with Crippen molar-refractivity contribution in [3.63, 3.8) is 0 Å². The Balaban J connectivity index is 1.88. The number of benzene rings is 1. The van der Waals surface area contributed by atoms with E-state index in [9.17, 15) is 18.0 Å². The summed E-state index contributed by atoms with van der Waals surface area (Å²) < 4.78 is 38.2. The predicted molar refractivity (Wildman–Crippen MR) is 69.5 cm³/mol. The molecule has 1 unspecified atom stereocenters. The van der Waals surface area contributed by atoms with Gasteiger partial charge in [-0.2, -0.15) is 18.0 Å². The molecule has 0 aliphatic heterocycles. The second-order valence-corrected chi connectivity index (χ2v) is 5.00. The summed E-state index contributed by atoms with van der Waals surface area (Å²) in [6, 6.07) is 6.70. The van der Waals surface area contributed by atoms with Gasteiger partial charge in [-0.3, -0.25) is 4.79 Å². The van der Waals surface area contributed by atoms with Crippen molar-refractivity contribution in [1.29, 1.82) is 0 Å². The van der Waals surface area contributed by atoms with Crippen molar-refractivity contribution in [2.24, 2.45) is 0 Å². The number of rotatable bonds is 2. The Bertz CT molecular complexity index is 706. The van der Waals surface area contributed by atoms with Gasteiger partial charge in [0.15, 0.2) is 11.5 Å². The number of nitrogens with one attached hydrogen (secondary N) is 1. The number of hydrogen-bond donors (Lipinski definition) is 1. The fraction of sp³-hybridized carbons (Fsp3) is 0.286. The molecule has 21 heavy (non-hydrogen) atoms. The maximum atomic E-state index is 12.7. The van der Waals surface area contributed by atoms with E-state index < -0.39 is 11.9 Å². The molecule has 4 nitrogen and oxygen atoms in total. The van der Waals surface area contributed by atoms with Gasteiger partial charge in [-0.15, -0.1) is 5.10 Å². The second kappa shape index (κ2) is 4.61. The van der Waals surface area contributed by atoms with Crippen molar-refractivity contribution in [3.8, 4) is 0 Å². The van der Waals surface area contributed by atoms with Crippen LogP contribution in [0.4, 0.5) is 13.2 Å². The SMILES string of the molecule is Cc1cn(NC2CC(=O)c3ccccc32)nc1C(F)(F)F. The highest BCUT2D eigenvalue weighted by Crippen LogP contribution is 2.33. The smallest absolute Gasteiger partial charge is 0.302 e. The lowest BCUT2D eigenvalue weighted by molar-refractivity contribution is -0.141. The molecule has 0 saturated carbocycles. The van der Waals surface area contributed by atoms with Crippen LogP contribution in [0.2, 0.25) is 0 Å². The van der Waals surface area contributed by atoms with Gasteiger partial charge in [-0.1, -0.05) is 24.3 Å². The summed E-state index contributed by atoms with van der Waals surface area (Å²) in [6.07, 6.45) is -3.01. The van der Waals surface area contributed by atoms with E-state index in [1.165, 1.54) is 13.1 Å². The number of carbonyl (C=O) groups is 1. The van der Waals surface area contributed by atoms with E-state index in [0.717, 1.165) is 10.4 Å².